The molecule has 0 aromatic rings. The van der Waals surface area contributed by atoms with Crippen LogP contribution >= 0.6 is 0 Å². The maximum Gasteiger partial charge on any atom is 0.302 e. The molecule has 4 fully saturated rings. The molecule has 0 amide bonds. The fourth-order valence-corrected chi connectivity index (χ4v) is 7.72. The van der Waals surface area contributed by atoms with Crippen molar-refractivity contribution in [2.75, 3.05) is 0 Å². The number of aliphatic hydroxyl groups is 1. The highest BCUT2D eigenvalue weighted by molar-refractivity contribution is 6.06. The van der Waals surface area contributed by atoms with Gasteiger partial charge in [-0.1, -0.05) is 27.4 Å². The highest BCUT2D eigenvalue weighted by Gasteiger charge is 2.72. The van der Waals surface area contributed by atoms with Crippen molar-refractivity contribution in [2.45, 2.75) is 72.0 Å². The van der Waals surface area contributed by atoms with Crippen LogP contribution in [0.25, 0.3) is 0 Å². The Balaban J connectivity index is 1.81. The Bertz CT molecular complexity index is 752. The smallest absolute Gasteiger partial charge is 0.302 e. The lowest BCUT2D eigenvalue weighted by atomic mass is 9.39. The van der Waals surface area contributed by atoms with Crippen LogP contribution in [0.4, 0.5) is 0 Å². The first kappa shape index (κ1) is 18.9. The van der Waals surface area contributed by atoms with E-state index >= 15 is 0 Å². The summed E-state index contributed by atoms with van der Waals surface area (Å²) in [6.45, 7) is 11.5. The van der Waals surface area contributed by atoms with E-state index in [2.05, 4.69) is 13.5 Å². The minimum atomic E-state index is -0.786. The van der Waals surface area contributed by atoms with Crippen LogP contribution in [0.15, 0.2) is 12.2 Å². The van der Waals surface area contributed by atoms with Gasteiger partial charge in [-0.05, 0) is 42.6 Å². The van der Waals surface area contributed by atoms with Crippen molar-refractivity contribution >= 4 is 17.5 Å². The van der Waals surface area contributed by atoms with Crippen LogP contribution in [0, 0.1) is 34.0 Å². The number of hydrogen-bond donors (Lipinski definition) is 1. The highest BCUT2D eigenvalue weighted by atomic mass is 16.5. The number of ketones is 2. The van der Waals surface area contributed by atoms with E-state index in [1.807, 2.05) is 13.8 Å². The Morgan fingerprint density at radius 3 is 2.56 bits per heavy atom. The van der Waals surface area contributed by atoms with E-state index in [0.29, 0.717) is 31.3 Å². The van der Waals surface area contributed by atoms with Crippen molar-refractivity contribution in [3.05, 3.63) is 12.2 Å². The zero-order valence-corrected chi connectivity index (χ0v) is 16.7. The van der Waals surface area contributed by atoms with Crippen molar-refractivity contribution in [3.63, 3.8) is 0 Å². The normalized spacial score (nSPS) is 48.0. The Morgan fingerprint density at radius 1 is 1.26 bits per heavy atom. The molecule has 4 aliphatic carbocycles. The third kappa shape index (κ3) is 2.24. The molecular weight excluding hydrogens is 344 g/mol. The minimum Gasteiger partial charge on any atom is -0.462 e. The van der Waals surface area contributed by atoms with Gasteiger partial charge in [0.2, 0.25) is 0 Å². The number of rotatable bonds is 1. The van der Waals surface area contributed by atoms with E-state index in [0.717, 1.165) is 0 Å². The van der Waals surface area contributed by atoms with E-state index in [1.165, 1.54) is 6.92 Å². The first-order valence-corrected chi connectivity index (χ1v) is 10.1. The minimum absolute atomic E-state index is 0.00184. The number of allylic oxidation sites excluding steroid dienone is 1. The Hall–Kier alpha value is -1.49. The number of fused-ring (bicyclic) bond motifs is 3. The molecule has 5 nitrogen and oxygen atoms in total. The first-order valence-electron chi connectivity index (χ1n) is 10.1. The molecule has 0 radical (unpaired) electrons. The summed E-state index contributed by atoms with van der Waals surface area (Å²) in [7, 11) is 0. The monoisotopic (exact) mass is 374 g/mol. The summed E-state index contributed by atoms with van der Waals surface area (Å²) >= 11 is 0. The molecule has 2 bridgehead atoms. The fourth-order valence-electron chi connectivity index (χ4n) is 7.72. The lowest BCUT2D eigenvalue weighted by Gasteiger charge is -2.64. The van der Waals surface area contributed by atoms with E-state index in [9.17, 15) is 19.5 Å². The summed E-state index contributed by atoms with van der Waals surface area (Å²) < 4.78 is 5.57. The molecule has 0 aliphatic heterocycles. The molecule has 148 valence electrons. The van der Waals surface area contributed by atoms with Crippen molar-refractivity contribution < 1.29 is 24.2 Å². The number of Topliss-reactive ketones (excluding diaryl/α,β-unsaturated/α-hetero) is 2. The molecule has 1 N–H and O–H groups in total. The van der Waals surface area contributed by atoms with Crippen LogP contribution < -0.4 is 0 Å². The molecule has 4 saturated carbocycles. The van der Waals surface area contributed by atoms with Crippen molar-refractivity contribution in [1.82, 2.24) is 0 Å². The maximum atomic E-state index is 13.5. The predicted molar refractivity (Wildman–Crippen MR) is 98.6 cm³/mol. The quantitative estimate of drug-likeness (QED) is 0.564. The van der Waals surface area contributed by atoms with Crippen LogP contribution in [-0.2, 0) is 19.1 Å². The molecule has 7 atom stereocenters. The number of hydrogen-bond acceptors (Lipinski definition) is 5. The van der Waals surface area contributed by atoms with Gasteiger partial charge in [0.25, 0.3) is 0 Å². The lowest BCUT2D eigenvalue weighted by molar-refractivity contribution is -0.211. The zero-order chi connectivity index (χ0) is 19.9. The van der Waals surface area contributed by atoms with Crippen molar-refractivity contribution in [2.24, 2.45) is 34.0 Å². The molecule has 4 rings (SSSR count). The van der Waals surface area contributed by atoms with Crippen molar-refractivity contribution in [1.29, 1.82) is 0 Å². The molecule has 7 unspecified atom stereocenters. The number of carbonyl (C=O) groups excluding carboxylic acids is 3. The molecule has 0 heterocycles. The van der Waals surface area contributed by atoms with E-state index in [-0.39, 0.29) is 47.8 Å². The van der Waals surface area contributed by atoms with Gasteiger partial charge >= 0.3 is 5.97 Å². The SMILES string of the molecule is C=C1C(=O)C23CC(=O)C4C(C)(C)C(OC(C)=O)CCC4(C)C2C(O)CC1C3. The molecule has 0 aromatic heterocycles. The first-order chi connectivity index (χ1) is 12.4. The summed E-state index contributed by atoms with van der Waals surface area (Å²) in [5, 5.41) is 11.1. The second-order valence-corrected chi connectivity index (χ2v) is 10.2. The number of ether oxygens (including phenoxy) is 1. The van der Waals surface area contributed by atoms with Gasteiger partial charge in [-0.15, -0.1) is 0 Å². The molecular formula is C22H30O5. The summed E-state index contributed by atoms with van der Waals surface area (Å²) in [6.07, 6.45) is 1.76. The summed E-state index contributed by atoms with van der Waals surface area (Å²) in [5.74, 6) is -0.838. The van der Waals surface area contributed by atoms with Gasteiger partial charge in [-0.2, -0.15) is 0 Å². The van der Waals surface area contributed by atoms with E-state index < -0.39 is 22.3 Å². The van der Waals surface area contributed by atoms with Crippen LogP contribution in [0.1, 0.15) is 59.8 Å². The van der Waals surface area contributed by atoms with Crippen LogP contribution in [0.5, 0.6) is 0 Å². The molecule has 27 heavy (non-hydrogen) atoms. The second-order valence-electron chi connectivity index (χ2n) is 10.2. The third-order valence-corrected chi connectivity index (χ3v) is 8.36. The van der Waals surface area contributed by atoms with Gasteiger partial charge in [-0.25, -0.2) is 0 Å². The third-order valence-electron chi connectivity index (χ3n) is 8.36. The predicted octanol–water partition coefficient (Wildman–Crippen LogP) is 2.85. The second kappa shape index (κ2) is 5.53. The maximum absolute atomic E-state index is 13.5. The fraction of sp³-hybridized carbons (Fsp3) is 0.773. The molecule has 0 aromatic carbocycles. The Labute approximate surface area is 160 Å². The standard InChI is InChI=1S/C22H30O5/c1-11-13-8-14(24)18-21(5)7-6-16(27-12(2)23)20(3,4)17(21)15(25)10-22(18,9-13)19(11)26/h13-14,16-18,24H,1,6-10H2,2-5H3. The molecule has 0 saturated heterocycles. The van der Waals surface area contributed by atoms with Crippen LogP contribution in [0.2, 0.25) is 0 Å². The van der Waals surface area contributed by atoms with Gasteiger partial charge in [0, 0.05) is 36.0 Å². The topological polar surface area (TPSA) is 80.7 Å². The summed E-state index contributed by atoms with van der Waals surface area (Å²) in [4.78, 5) is 38.2. The van der Waals surface area contributed by atoms with E-state index in [4.69, 9.17) is 4.74 Å². The van der Waals surface area contributed by atoms with Crippen LogP contribution in [-0.4, -0.2) is 34.9 Å². The lowest BCUT2D eigenvalue weighted by Crippen LogP contribution is -2.66. The Morgan fingerprint density at radius 2 is 1.93 bits per heavy atom. The Kier molecular flexibility index (Phi) is 3.86. The highest BCUT2D eigenvalue weighted by Crippen LogP contribution is 2.70. The van der Waals surface area contributed by atoms with E-state index in [1.54, 1.807) is 0 Å². The largest absolute Gasteiger partial charge is 0.462 e. The molecule has 5 heteroatoms. The van der Waals surface area contributed by atoms with Gasteiger partial charge in [0.05, 0.1) is 6.10 Å². The molecule has 4 aliphatic rings. The number of esters is 1. The van der Waals surface area contributed by atoms with Crippen LogP contribution in [0.3, 0.4) is 0 Å². The summed E-state index contributed by atoms with van der Waals surface area (Å²) in [6, 6.07) is 0. The van der Waals surface area contributed by atoms with Gasteiger partial charge in [0.1, 0.15) is 11.9 Å². The number of carbonyl (C=O) groups is 3. The average Bonchev–Trinajstić information content (AvgIpc) is 2.70. The average molecular weight is 374 g/mol. The van der Waals surface area contributed by atoms with Gasteiger partial charge in [-0.3, -0.25) is 14.4 Å². The zero-order valence-electron chi connectivity index (χ0n) is 16.7. The van der Waals surface area contributed by atoms with Crippen molar-refractivity contribution in [3.8, 4) is 0 Å². The van der Waals surface area contributed by atoms with Gasteiger partial charge < -0.3 is 9.84 Å². The number of aliphatic hydroxyl groups excluding tert-OH is 1. The van der Waals surface area contributed by atoms with Gasteiger partial charge in [0.15, 0.2) is 5.78 Å². The molecule has 1 spiro atoms. The summed E-state index contributed by atoms with van der Waals surface area (Å²) in [5.41, 5.74) is -1.21.